The van der Waals surface area contributed by atoms with Gasteiger partial charge < -0.3 is 11.1 Å². The molecule has 1 aromatic rings. The molecule has 3 N–H and O–H groups in total. The van der Waals surface area contributed by atoms with E-state index in [2.05, 4.69) is 5.32 Å². The molecule has 0 aromatic heterocycles. The van der Waals surface area contributed by atoms with Crippen molar-refractivity contribution >= 4 is 11.6 Å². The maximum atomic E-state index is 12.7. The third-order valence-corrected chi connectivity index (χ3v) is 2.23. The third-order valence-electron chi connectivity index (χ3n) is 2.23. The van der Waals surface area contributed by atoms with Crippen LogP contribution in [0.15, 0.2) is 30.3 Å². The van der Waals surface area contributed by atoms with E-state index in [1.165, 1.54) is 12.1 Å². The molecule has 16 heavy (non-hydrogen) atoms. The molecule has 0 spiro atoms. The molecule has 0 aliphatic heterocycles. The Morgan fingerprint density at radius 3 is 2.12 bits per heavy atom. The SMILES string of the molecule is CC(Nc1ccccc1)(C(N)=O)C(F)(F)F. The summed E-state index contributed by atoms with van der Waals surface area (Å²) in [5.74, 6) is -1.47. The van der Waals surface area contributed by atoms with E-state index >= 15 is 0 Å². The number of rotatable bonds is 3. The molecule has 0 saturated heterocycles. The van der Waals surface area contributed by atoms with Gasteiger partial charge in [0, 0.05) is 5.69 Å². The Balaban J connectivity index is 3.03. The number of halogens is 3. The van der Waals surface area contributed by atoms with Crippen molar-refractivity contribution in [2.24, 2.45) is 5.73 Å². The van der Waals surface area contributed by atoms with Crippen LogP contribution >= 0.6 is 0 Å². The molecule has 1 amide bonds. The number of nitrogens with one attached hydrogen (secondary N) is 1. The van der Waals surface area contributed by atoms with Gasteiger partial charge in [0.25, 0.3) is 5.91 Å². The fraction of sp³-hybridized carbons (Fsp3) is 0.300. The summed E-state index contributed by atoms with van der Waals surface area (Å²) in [4.78, 5) is 10.9. The Morgan fingerprint density at radius 2 is 1.75 bits per heavy atom. The topological polar surface area (TPSA) is 55.1 Å². The molecule has 0 saturated carbocycles. The molecule has 6 heteroatoms. The lowest BCUT2D eigenvalue weighted by atomic mass is 10.0. The molecule has 0 fully saturated rings. The van der Waals surface area contributed by atoms with Crippen LogP contribution in [-0.2, 0) is 4.79 Å². The minimum absolute atomic E-state index is 0.182. The van der Waals surface area contributed by atoms with Crippen molar-refractivity contribution in [3.8, 4) is 0 Å². The molecular formula is C10H11F3N2O. The van der Waals surface area contributed by atoms with Gasteiger partial charge in [0.2, 0.25) is 5.54 Å². The molecule has 0 bridgehead atoms. The van der Waals surface area contributed by atoms with Gasteiger partial charge in [-0.25, -0.2) is 0 Å². The van der Waals surface area contributed by atoms with Gasteiger partial charge >= 0.3 is 6.18 Å². The minimum Gasteiger partial charge on any atom is -0.367 e. The number of para-hydroxylation sites is 1. The predicted octanol–water partition coefficient (Wildman–Crippen LogP) is 1.90. The summed E-state index contributed by atoms with van der Waals surface area (Å²) >= 11 is 0. The predicted molar refractivity (Wildman–Crippen MR) is 53.7 cm³/mol. The van der Waals surface area contributed by atoms with Gasteiger partial charge in [-0.1, -0.05) is 18.2 Å². The lowest BCUT2D eigenvalue weighted by Gasteiger charge is -2.30. The van der Waals surface area contributed by atoms with Crippen molar-refractivity contribution in [3.63, 3.8) is 0 Å². The maximum Gasteiger partial charge on any atom is 0.420 e. The first-order valence-electron chi connectivity index (χ1n) is 4.47. The zero-order valence-corrected chi connectivity index (χ0v) is 8.51. The number of hydrogen-bond acceptors (Lipinski definition) is 2. The van der Waals surface area contributed by atoms with Crippen LogP contribution < -0.4 is 11.1 Å². The van der Waals surface area contributed by atoms with E-state index in [1.54, 1.807) is 18.2 Å². The van der Waals surface area contributed by atoms with E-state index in [1.807, 2.05) is 0 Å². The molecular weight excluding hydrogens is 221 g/mol. The van der Waals surface area contributed by atoms with Gasteiger partial charge in [-0.2, -0.15) is 13.2 Å². The first kappa shape index (κ1) is 12.4. The molecule has 3 nitrogen and oxygen atoms in total. The average molecular weight is 232 g/mol. The molecule has 0 heterocycles. The number of anilines is 1. The molecule has 1 unspecified atom stereocenters. The van der Waals surface area contributed by atoms with Crippen LogP contribution in [0.25, 0.3) is 0 Å². The first-order valence-corrected chi connectivity index (χ1v) is 4.47. The second kappa shape index (κ2) is 4.03. The maximum absolute atomic E-state index is 12.7. The van der Waals surface area contributed by atoms with E-state index in [0.717, 1.165) is 0 Å². The highest BCUT2D eigenvalue weighted by Gasteiger charge is 2.56. The highest BCUT2D eigenvalue weighted by atomic mass is 19.4. The van der Waals surface area contributed by atoms with Crippen LogP contribution in [0.4, 0.5) is 18.9 Å². The number of alkyl halides is 3. The van der Waals surface area contributed by atoms with Gasteiger partial charge in [-0.15, -0.1) is 0 Å². The Labute approximate surface area is 90.4 Å². The summed E-state index contributed by atoms with van der Waals surface area (Å²) in [7, 11) is 0. The van der Waals surface area contributed by atoms with Gasteiger partial charge in [-0.05, 0) is 19.1 Å². The Bertz CT molecular complexity index is 377. The molecule has 88 valence electrons. The van der Waals surface area contributed by atoms with Crippen molar-refractivity contribution in [2.45, 2.75) is 18.6 Å². The lowest BCUT2D eigenvalue weighted by molar-refractivity contribution is -0.180. The monoisotopic (exact) mass is 232 g/mol. The largest absolute Gasteiger partial charge is 0.420 e. The fourth-order valence-corrected chi connectivity index (χ4v) is 1.08. The second-order valence-electron chi connectivity index (χ2n) is 3.48. The number of carbonyl (C=O) groups is 1. The standard InChI is InChI=1S/C10H11F3N2O/c1-9(8(14)16,10(11,12)13)15-7-5-3-2-4-6-7/h2-6,15H,1H3,(H2,14,16). The summed E-state index contributed by atoms with van der Waals surface area (Å²) in [6.45, 7) is 0.711. The summed E-state index contributed by atoms with van der Waals surface area (Å²) < 4.78 is 38.0. The van der Waals surface area contributed by atoms with Crippen LogP contribution in [0.1, 0.15) is 6.92 Å². The highest BCUT2D eigenvalue weighted by molar-refractivity contribution is 5.88. The highest BCUT2D eigenvalue weighted by Crippen LogP contribution is 2.33. The molecule has 1 rings (SSSR count). The van der Waals surface area contributed by atoms with Crippen molar-refractivity contribution in [3.05, 3.63) is 30.3 Å². The Kier molecular flexibility index (Phi) is 3.11. The van der Waals surface area contributed by atoms with Crippen LogP contribution in [0.5, 0.6) is 0 Å². The number of benzene rings is 1. The number of hydrogen-bond donors (Lipinski definition) is 2. The average Bonchev–Trinajstić information content (AvgIpc) is 2.17. The number of carbonyl (C=O) groups excluding carboxylic acids is 1. The smallest absolute Gasteiger partial charge is 0.367 e. The second-order valence-corrected chi connectivity index (χ2v) is 3.48. The van der Waals surface area contributed by atoms with E-state index in [4.69, 9.17) is 5.73 Å². The summed E-state index contributed by atoms with van der Waals surface area (Å²) in [5.41, 5.74) is 2.20. The fourth-order valence-electron chi connectivity index (χ4n) is 1.08. The molecule has 0 radical (unpaired) electrons. The number of primary amides is 1. The Hall–Kier alpha value is -1.72. The molecule has 0 aliphatic rings. The van der Waals surface area contributed by atoms with Crippen molar-refractivity contribution < 1.29 is 18.0 Å². The summed E-state index contributed by atoms with van der Waals surface area (Å²) in [6, 6.07) is 7.61. The minimum atomic E-state index is -4.76. The van der Waals surface area contributed by atoms with Crippen molar-refractivity contribution in [2.75, 3.05) is 5.32 Å². The zero-order valence-electron chi connectivity index (χ0n) is 8.51. The number of amides is 1. The normalized spacial score (nSPS) is 15.2. The van der Waals surface area contributed by atoms with Gasteiger partial charge in [0.15, 0.2) is 0 Å². The number of nitrogens with two attached hydrogens (primary N) is 1. The van der Waals surface area contributed by atoms with Gasteiger partial charge in [0.1, 0.15) is 0 Å². The van der Waals surface area contributed by atoms with E-state index < -0.39 is 17.6 Å². The zero-order chi connectivity index (χ0) is 12.4. The molecule has 1 atom stereocenters. The van der Waals surface area contributed by atoms with E-state index in [9.17, 15) is 18.0 Å². The van der Waals surface area contributed by atoms with Crippen LogP contribution in [0, 0.1) is 0 Å². The van der Waals surface area contributed by atoms with Gasteiger partial charge in [0.05, 0.1) is 0 Å². The third kappa shape index (κ3) is 2.26. The van der Waals surface area contributed by atoms with E-state index in [0.29, 0.717) is 6.92 Å². The quantitative estimate of drug-likeness (QED) is 0.836. The first-order chi connectivity index (χ1) is 7.27. The Morgan fingerprint density at radius 1 is 1.25 bits per heavy atom. The lowest BCUT2D eigenvalue weighted by Crippen LogP contribution is -2.58. The van der Waals surface area contributed by atoms with Crippen molar-refractivity contribution in [1.29, 1.82) is 0 Å². The van der Waals surface area contributed by atoms with Crippen LogP contribution in [0.2, 0.25) is 0 Å². The molecule has 0 aliphatic carbocycles. The van der Waals surface area contributed by atoms with Crippen LogP contribution in [-0.4, -0.2) is 17.6 Å². The van der Waals surface area contributed by atoms with Crippen molar-refractivity contribution in [1.82, 2.24) is 0 Å². The van der Waals surface area contributed by atoms with Crippen LogP contribution in [0.3, 0.4) is 0 Å². The van der Waals surface area contributed by atoms with E-state index in [-0.39, 0.29) is 5.69 Å². The summed E-state index contributed by atoms with van der Waals surface area (Å²) in [6.07, 6.45) is -4.76. The molecule has 1 aromatic carbocycles. The van der Waals surface area contributed by atoms with Gasteiger partial charge in [-0.3, -0.25) is 4.79 Å². The summed E-state index contributed by atoms with van der Waals surface area (Å²) in [5, 5.41) is 2.10.